The Kier molecular flexibility index (Phi) is 5.72. The second-order valence-corrected chi connectivity index (χ2v) is 6.44. The molecule has 4 heteroatoms. The minimum absolute atomic E-state index is 0.373. The molecule has 0 N–H and O–H groups in total. The van der Waals surface area contributed by atoms with Crippen LogP contribution < -0.4 is 14.2 Å². The second-order valence-electron chi connectivity index (χ2n) is 6.44. The van der Waals surface area contributed by atoms with Crippen molar-refractivity contribution in [3.63, 3.8) is 0 Å². The van der Waals surface area contributed by atoms with Crippen LogP contribution in [0.3, 0.4) is 0 Å². The second kappa shape index (κ2) is 8.93. The largest absolute Gasteiger partial charge is 0.490 e. The fraction of sp³-hybridized carbons (Fsp3) is 0.0800. The summed E-state index contributed by atoms with van der Waals surface area (Å²) in [7, 11) is 0. The van der Waals surface area contributed by atoms with Crippen molar-refractivity contribution in [3.8, 4) is 17.2 Å². The Morgan fingerprint density at radius 1 is 0.586 bits per heavy atom. The summed E-state index contributed by atoms with van der Waals surface area (Å²) in [5, 5.41) is 2.12. The zero-order valence-corrected chi connectivity index (χ0v) is 15.8. The summed E-state index contributed by atoms with van der Waals surface area (Å²) in [6, 6.07) is 30.0. The van der Waals surface area contributed by atoms with Gasteiger partial charge in [0.25, 0.3) is 0 Å². The van der Waals surface area contributed by atoms with E-state index in [1.807, 2.05) is 66.7 Å². The van der Waals surface area contributed by atoms with E-state index in [-0.39, 0.29) is 0 Å². The Labute approximate surface area is 169 Å². The number of benzene rings is 4. The smallest absolute Gasteiger partial charge is 0.343 e. The Morgan fingerprint density at radius 2 is 1.28 bits per heavy atom. The predicted octanol–water partition coefficient (Wildman–Crippen LogP) is 5.52. The van der Waals surface area contributed by atoms with Gasteiger partial charge in [-0.15, -0.1) is 0 Å². The highest BCUT2D eigenvalue weighted by Crippen LogP contribution is 2.22. The number of para-hydroxylation sites is 1. The third-order valence-electron chi connectivity index (χ3n) is 4.37. The highest BCUT2D eigenvalue weighted by Gasteiger charge is 2.10. The van der Waals surface area contributed by atoms with E-state index in [1.165, 1.54) is 0 Å². The Hall–Kier alpha value is -3.79. The first-order chi connectivity index (χ1) is 14.3. The number of hydrogen-bond acceptors (Lipinski definition) is 4. The van der Waals surface area contributed by atoms with Gasteiger partial charge in [0.2, 0.25) is 0 Å². The van der Waals surface area contributed by atoms with Crippen molar-refractivity contribution < 1.29 is 19.0 Å². The first-order valence-corrected chi connectivity index (χ1v) is 9.40. The lowest BCUT2D eigenvalue weighted by molar-refractivity contribution is 0.0734. The SMILES string of the molecule is O=C(Oc1ccc2ccccc2c1)c1cccc(OCCOc2ccccc2)c1. The molecule has 29 heavy (non-hydrogen) atoms. The van der Waals surface area contributed by atoms with Gasteiger partial charge in [0.15, 0.2) is 0 Å². The minimum atomic E-state index is -0.425. The Balaban J connectivity index is 1.35. The maximum absolute atomic E-state index is 12.5. The molecule has 0 atom stereocenters. The van der Waals surface area contributed by atoms with Crippen LogP contribution in [0.4, 0.5) is 0 Å². The minimum Gasteiger partial charge on any atom is -0.490 e. The monoisotopic (exact) mass is 384 g/mol. The molecule has 4 aromatic rings. The molecule has 4 aromatic carbocycles. The van der Waals surface area contributed by atoms with Gasteiger partial charge in [-0.2, -0.15) is 0 Å². The molecule has 0 spiro atoms. The zero-order valence-electron chi connectivity index (χ0n) is 15.8. The molecule has 0 aliphatic rings. The van der Waals surface area contributed by atoms with E-state index in [0.29, 0.717) is 30.3 Å². The summed E-state index contributed by atoms with van der Waals surface area (Å²) in [5.74, 6) is 1.47. The molecule has 0 fully saturated rings. The number of fused-ring (bicyclic) bond motifs is 1. The van der Waals surface area contributed by atoms with Crippen LogP contribution in [0.2, 0.25) is 0 Å². The standard InChI is InChI=1S/C25H20O4/c26-25(29-24-14-13-19-7-4-5-8-20(19)17-24)21-9-6-12-23(18-21)28-16-15-27-22-10-2-1-3-11-22/h1-14,17-18H,15-16H2. The van der Waals surface area contributed by atoms with Crippen LogP contribution in [-0.4, -0.2) is 19.2 Å². The molecule has 0 heterocycles. The van der Waals surface area contributed by atoms with Crippen LogP contribution in [0.25, 0.3) is 10.8 Å². The van der Waals surface area contributed by atoms with Crippen LogP contribution in [-0.2, 0) is 0 Å². The fourth-order valence-corrected chi connectivity index (χ4v) is 2.95. The maximum Gasteiger partial charge on any atom is 0.343 e. The summed E-state index contributed by atoms with van der Waals surface area (Å²) >= 11 is 0. The molecule has 0 aliphatic carbocycles. The van der Waals surface area contributed by atoms with Crippen molar-refractivity contribution in [3.05, 3.63) is 103 Å². The predicted molar refractivity (Wildman–Crippen MR) is 113 cm³/mol. The lowest BCUT2D eigenvalue weighted by Crippen LogP contribution is -2.11. The van der Waals surface area contributed by atoms with Crippen molar-refractivity contribution in [1.82, 2.24) is 0 Å². The van der Waals surface area contributed by atoms with Gasteiger partial charge in [0.05, 0.1) is 5.56 Å². The average Bonchev–Trinajstić information content (AvgIpc) is 2.77. The summed E-state index contributed by atoms with van der Waals surface area (Å²) in [6.07, 6.45) is 0. The molecule has 144 valence electrons. The van der Waals surface area contributed by atoms with Gasteiger partial charge >= 0.3 is 5.97 Å². The van der Waals surface area contributed by atoms with E-state index in [9.17, 15) is 4.79 Å². The molecule has 0 bridgehead atoms. The van der Waals surface area contributed by atoms with E-state index in [0.717, 1.165) is 16.5 Å². The van der Waals surface area contributed by atoms with Crippen LogP contribution in [0.1, 0.15) is 10.4 Å². The van der Waals surface area contributed by atoms with Crippen molar-refractivity contribution >= 4 is 16.7 Å². The van der Waals surface area contributed by atoms with Crippen molar-refractivity contribution in [2.24, 2.45) is 0 Å². The molecule has 4 nitrogen and oxygen atoms in total. The van der Waals surface area contributed by atoms with Gasteiger partial charge < -0.3 is 14.2 Å². The topological polar surface area (TPSA) is 44.8 Å². The molecular formula is C25H20O4. The number of hydrogen-bond donors (Lipinski definition) is 0. The highest BCUT2D eigenvalue weighted by atomic mass is 16.5. The van der Waals surface area contributed by atoms with Crippen molar-refractivity contribution in [2.45, 2.75) is 0 Å². The van der Waals surface area contributed by atoms with E-state index >= 15 is 0 Å². The van der Waals surface area contributed by atoms with Crippen LogP contribution in [0, 0.1) is 0 Å². The summed E-state index contributed by atoms with van der Waals surface area (Å²) in [6.45, 7) is 0.786. The zero-order chi connectivity index (χ0) is 19.9. The van der Waals surface area contributed by atoms with Crippen LogP contribution >= 0.6 is 0 Å². The van der Waals surface area contributed by atoms with E-state index in [1.54, 1.807) is 30.3 Å². The lowest BCUT2D eigenvalue weighted by Gasteiger charge is -2.10. The van der Waals surface area contributed by atoms with E-state index < -0.39 is 5.97 Å². The first kappa shape index (κ1) is 18.6. The lowest BCUT2D eigenvalue weighted by atomic mass is 10.1. The van der Waals surface area contributed by atoms with Gasteiger partial charge in [-0.3, -0.25) is 0 Å². The van der Waals surface area contributed by atoms with Gasteiger partial charge in [0.1, 0.15) is 30.5 Å². The third-order valence-corrected chi connectivity index (χ3v) is 4.37. The molecule has 0 unspecified atom stereocenters. The molecule has 0 radical (unpaired) electrons. The summed E-state index contributed by atoms with van der Waals surface area (Å²) in [4.78, 5) is 12.5. The van der Waals surface area contributed by atoms with Crippen molar-refractivity contribution in [1.29, 1.82) is 0 Å². The normalized spacial score (nSPS) is 10.5. The third kappa shape index (κ3) is 4.93. The van der Waals surface area contributed by atoms with Crippen molar-refractivity contribution in [2.75, 3.05) is 13.2 Å². The number of esters is 1. The number of carbonyl (C=O) groups excluding carboxylic acids is 1. The van der Waals surface area contributed by atoms with Crippen LogP contribution in [0.5, 0.6) is 17.2 Å². The number of ether oxygens (including phenoxy) is 3. The molecule has 0 aromatic heterocycles. The maximum atomic E-state index is 12.5. The first-order valence-electron chi connectivity index (χ1n) is 9.40. The summed E-state index contributed by atoms with van der Waals surface area (Å²) < 4.78 is 16.8. The molecule has 0 saturated heterocycles. The average molecular weight is 384 g/mol. The Morgan fingerprint density at radius 3 is 2.10 bits per heavy atom. The molecule has 0 amide bonds. The van der Waals surface area contributed by atoms with Crippen LogP contribution in [0.15, 0.2) is 97.1 Å². The molecular weight excluding hydrogens is 364 g/mol. The summed E-state index contributed by atoms with van der Waals surface area (Å²) in [5.41, 5.74) is 0.430. The van der Waals surface area contributed by atoms with Gasteiger partial charge in [-0.1, -0.05) is 54.6 Å². The quantitative estimate of drug-likeness (QED) is 0.239. The fourth-order valence-electron chi connectivity index (χ4n) is 2.95. The van der Waals surface area contributed by atoms with E-state index in [2.05, 4.69) is 0 Å². The molecule has 0 saturated carbocycles. The number of carbonyl (C=O) groups is 1. The highest BCUT2D eigenvalue weighted by molar-refractivity contribution is 5.92. The Bertz CT molecular complexity index is 1110. The molecule has 0 aliphatic heterocycles. The van der Waals surface area contributed by atoms with E-state index in [4.69, 9.17) is 14.2 Å². The van der Waals surface area contributed by atoms with Gasteiger partial charge in [0, 0.05) is 0 Å². The van der Waals surface area contributed by atoms with Gasteiger partial charge in [-0.25, -0.2) is 4.79 Å². The molecule has 4 rings (SSSR count). The number of rotatable bonds is 7. The van der Waals surface area contributed by atoms with Gasteiger partial charge in [-0.05, 0) is 53.2 Å².